The molecule has 0 aliphatic heterocycles. The number of furan rings is 1. The molecule has 1 aromatic rings. The summed E-state index contributed by atoms with van der Waals surface area (Å²) < 4.78 is 10.3. The highest BCUT2D eigenvalue weighted by atomic mass is 16.5. The lowest BCUT2D eigenvalue weighted by atomic mass is 10.1. The molecule has 5 heteroatoms. The van der Waals surface area contributed by atoms with Gasteiger partial charge in [0.15, 0.2) is 0 Å². The van der Waals surface area contributed by atoms with Crippen LogP contribution in [-0.4, -0.2) is 36.5 Å². The summed E-state index contributed by atoms with van der Waals surface area (Å²) in [5.41, 5.74) is 1.30. The van der Waals surface area contributed by atoms with E-state index in [-0.39, 0.29) is 25.6 Å². The molecular weight excluding hydrogens is 258 g/mol. The van der Waals surface area contributed by atoms with Crippen LogP contribution < -0.4 is 0 Å². The highest BCUT2D eigenvalue weighted by molar-refractivity contribution is 5.98. The fraction of sp³-hybridized carbons (Fsp3) is 0.467. The van der Waals surface area contributed by atoms with Gasteiger partial charge in [0, 0.05) is 12.1 Å². The Morgan fingerprint density at radius 1 is 1.30 bits per heavy atom. The molecular formula is C15H21NO4. The fourth-order valence-corrected chi connectivity index (χ4v) is 2.00. The summed E-state index contributed by atoms with van der Waals surface area (Å²) in [5.74, 6) is 0.589. The highest BCUT2D eigenvalue weighted by Gasteiger charge is 2.25. The Kier molecular flexibility index (Phi) is 5.55. The molecule has 1 rings (SSSR count). The van der Waals surface area contributed by atoms with E-state index in [9.17, 15) is 9.59 Å². The molecule has 0 aliphatic rings. The molecule has 1 aromatic heterocycles. The number of hydrogen-bond donors (Lipinski definition) is 0. The highest BCUT2D eigenvalue weighted by Crippen LogP contribution is 2.22. The molecule has 0 saturated heterocycles. The van der Waals surface area contributed by atoms with Crippen LogP contribution in [0.2, 0.25) is 0 Å². The van der Waals surface area contributed by atoms with Crippen molar-refractivity contribution in [3.8, 4) is 0 Å². The van der Waals surface area contributed by atoms with Gasteiger partial charge < -0.3 is 14.1 Å². The quantitative estimate of drug-likeness (QED) is 0.592. The van der Waals surface area contributed by atoms with Crippen LogP contribution in [0.4, 0.5) is 0 Å². The Morgan fingerprint density at radius 2 is 1.95 bits per heavy atom. The third kappa shape index (κ3) is 3.50. The second-order valence-electron chi connectivity index (χ2n) is 4.49. The predicted octanol–water partition coefficient (Wildman–Crippen LogP) is 2.40. The summed E-state index contributed by atoms with van der Waals surface area (Å²) in [5, 5.41) is 0. The molecule has 0 N–H and O–H groups in total. The monoisotopic (exact) mass is 279 g/mol. The fourth-order valence-electron chi connectivity index (χ4n) is 2.00. The van der Waals surface area contributed by atoms with Crippen molar-refractivity contribution >= 4 is 11.9 Å². The van der Waals surface area contributed by atoms with Gasteiger partial charge in [0.25, 0.3) is 5.91 Å². The molecule has 1 amide bonds. The first-order chi connectivity index (χ1) is 9.42. The Balaban J connectivity index is 2.99. The Morgan fingerprint density at radius 3 is 2.40 bits per heavy atom. The molecule has 0 fully saturated rings. The Hall–Kier alpha value is -2.04. The topological polar surface area (TPSA) is 59.8 Å². The molecule has 1 heterocycles. The van der Waals surface area contributed by atoms with Gasteiger partial charge in [-0.2, -0.15) is 0 Å². The zero-order valence-electron chi connectivity index (χ0n) is 12.5. The molecule has 0 spiro atoms. The maximum absolute atomic E-state index is 12.5. The standard InChI is InChI=1S/C15H21NO4/c1-6-8-16(9-13(17)19-7-2)15(18)14-10(3)11(4)20-12(14)5/h6H,1,7-9H2,2-5H3. The number of amides is 1. The summed E-state index contributed by atoms with van der Waals surface area (Å²) in [7, 11) is 0. The lowest BCUT2D eigenvalue weighted by molar-refractivity contribution is -0.143. The zero-order valence-corrected chi connectivity index (χ0v) is 12.5. The van der Waals surface area contributed by atoms with Crippen LogP contribution in [-0.2, 0) is 9.53 Å². The van der Waals surface area contributed by atoms with Crippen molar-refractivity contribution in [3.05, 3.63) is 35.3 Å². The first-order valence-electron chi connectivity index (χ1n) is 6.54. The van der Waals surface area contributed by atoms with Gasteiger partial charge in [-0.05, 0) is 27.7 Å². The van der Waals surface area contributed by atoms with E-state index in [0.29, 0.717) is 17.1 Å². The van der Waals surface area contributed by atoms with E-state index in [1.54, 1.807) is 19.9 Å². The van der Waals surface area contributed by atoms with Crippen LogP contribution in [0.1, 0.15) is 34.4 Å². The zero-order chi connectivity index (χ0) is 15.3. The molecule has 0 atom stereocenters. The van der Waals surface area contributed by atoms with Crippen molar-refractivity contribution in [3.63, 3.8) is 0 Å². The van der Waals surface area contributed by atoms with E-state index < -0.39 is 5.97 Å². The van der Waals surface area contributed by atoms with Crippen LogP contribution in [0.3, 0.4) is 0 Å². The van der Waals surface area contributed by atoms with E-state index in [4.69, 9.17) is 9.15 Å². The third-order valence-corrected chi connectivity index (χ3v) is 3.04. The SMILES string of the molecule is C=CCN(CC(=O)OCC)C(=O)c1c(C)oc(C)c1C. The molecule has 0 bridgehead atoms. The van der Waals surface area contributed by atoms with Crippen LogP contribution >= 0.6 is 0 Å². The molecule has 5 nitrogen and oxygen atoms in total. The van der Waals surface area contributed by atoms with Crippen molar-refractivity contribution < 1.29 is 18.7 Å². The van der Waals surface area contributed by atoms with Gasteiger partial charge in [-0.25, -0.2) is 0 Å². The van der Waals surface area contributed by atoms with Crippen molar-refractivity contribution in [2.45, 2.75) is 27.7 Å². The third-order valence-electron chi connectivity index (χ3n) is 3.04. The molecule has 20 heavy (non-hydrogen) atoms. The van der Waals surface area contributed by atoms with Crippen molar-refractivity contribution in [1.29, 1.82) is 0 Å². The largest absolute Gasteiger partial charge is 0.466 e. The lowest BCUT2D eigenvalue weighted by Gasteiger charge is -2.20. The van der Waals surface area contributed by atoms with Crippen molar-refractivity contribution in [2.24, 2.45) is 0 Å². The van der Waals surface area contributed by atoms with Gasteiger partial charge in [-0.3, -0.25) is 9.59 Å². The number of ether oxygens (including phenoxy) is 1. The maximum Gasteiger partial charge on any atom is 0.325 e. The number of carbonyl (C=O) groups excluding carboxylic acids is 2. The van der Waals surface area contributed by atoms with Crippen molar-refractivity contribution in [1.82, 2.24) is 4.90 Å². The first-order valence-corrected chi connectivity index (χ1v) is 6.54. The lowest BCUT2D eigenvalue weighted by Crippen LogP contribution is -2.37. The number of aryl methyl sites for hydroxylation is 2. The van der Waals surface area contributed by atoms with E-state index in [0.717, 1.165) is 5.56 Å². The number of nitrogens with zero attached hydrogens (tertiary/aromatic N) is 1. The van der Waals surface area contributed by atoms with Crippen LogP contribution in [0.25, 0.3) is 0 Å². The molecule has 110 valence electrons. The summed E-state index contributed by atoms with van der Waals surface area (Å²) in [6, 6.07) is 0. The minimum Gasteiger partial charge on any atom is -0.466 e. The number of esters is 1. The normalized spacial score (nSPS) is 10.2. The second kappa shape index (κ2) is 6.93. The van der Waals surface area contributed by atoms with Gasteiger partial charge >= 0.3 is 5.97 Å². The average molecular weight is 279 g/mol. The van der Waals surface area contributed by atoms with Gasteiger partial charge in [0.05, 0.1) is 12.2 Å². The molecule has 0 unspecified atom stereocenters. The van der Waals surface area contributed by atoms with Crippen LogP contribution in [0.15, 0.2) is 17.1 Å². The van der Waals surface area contributed by atoms with Gasteiger partial charge in [-0.15, -0.1) is 6.58 Å². The summed E-state index contributed by atoms with van der Waals surface area (Å²) >= 11 is 0. The van der Waals surface area contributed by atoms with Crippen LogP contribution in [0.5, 0.6) is 0 Å². The summed E-state index contributed by atoms with van der Waals surface area (Å²) in [6.45, 7) is 11.2. The average Bonchev–Trinajstić information content (AvgIpc) is 2.62. The summed E-state index contributed by atoms with van der Waals surface area (Å²) in [4.78, 5) is 25.5. The minimum atomic E-state index is -0.432. The van der Waals surface area contributed by atoms with E-state index in [1.807, 2.05) is 13.8 Å². The van der Waals surface area contributed by atoms with E-state index >= 15 is 0 Å². The summed E-state index contributed by atoms with van der Waals surface area (Å²) in [6.07, 6.45) is 1.58. The molecule has 0 radical (unpaired) electrons. The molecule has 0 aromatic carbocycles. The van der Waals surface area contributed by atoms with Gasteiger partial charge in [0.2, 0.25) is 0 Å². The second-order valence-corrected chi connectivity index (χ2v) is 4.49. The molecule has 0 saturated carbocycles. The Labute approximate surface area is 119 Å². The number of hydrogen-bond acceptors (Lipinski definition) is 4. The van der Waals surface area contributed by atoms with Crippen LogP contribution in [0, 0.1) is 20.8 Å². The first kappa shape index (κ1) is 16.0. The van der Waals surface area contributed by atoms with Gasteiger partial charge in [0.1, 0.15) is 18.1 Å². The van der Waals surface area contributed by atoms with Crippen molar-refractivity contribution in [2.75, 3.05) is 19.7 Å². The van der Waals surface area contributed by atoms with E-state index in [1.165, 1.54) is 4.90 Å². The maximum atomic E-state index is 12.5. The van der Waals surface area contributed by atoms with E-state index in [2.05, 4.69) is 6.58 Å². The minimum absolute atomic E-state index is 0.0954. The Bertz CT molecular complexity index is 516. The number of rotatable bonds is 6. The number of carbonyl (C=O) groups is 2. The predicted molar refractivity (Wildman–Crippen MR) is 75.7 cm³/mol. The molecule has 0 aliphatic carbocycles. The van der Waals surface area contributed by atoms with Gasteiger partial charge in [-0.1, -0.05) is 6.08 Å². The smallest absolute Gasteiger partial charge is 0.325 e.